The Morgan fingerprint density at radius 1 is 0.357 bits per heavy atom. The Balaban J connectivity index is 1.18. The Kier molecular flexibility index (Phi) is 4.18. The molecule has 42 heavy (non-hydrogen) atoms. The van der Waals surface area contributed by atoms with Gasteiger partial charge in [-0.05, 0) is 90.8 Å². The predicted octanol–water partition coefficient (Wildman–Crippen LogP) is 10.6. The number of fused-ring (bicyclic) bond motifs is 12. The maximum Gasteiger partial charge on any atom is 0.135 e. The molecule has 1 nitrogen and oxygen atoms in total. The second-order valence-electron chi connectivity index (χ2n) is 11.6. The molecule has 0 fully saturated rings. The Hall–Kier alpha value is -5.40. The van der Waals surface area contributed by atoms with Gasteiger partial charge in [-0.2, -0.15) is 0 Å². The molecule has 0 aromatic heterocycles. The molecule has 0 saturated carbocycles. The molecule has 1 aliphatic heterocycles. The van der Waals surface area contributed by atoms with Crippen LogP contribution < -0.4 is 4.74 Å². The van der Waals surface area contributed by atoms with E-state index in [1.54, 1.807) is 0 Å². The zero-order valence-corrected chi connectivity index (χ0v) is 22.8. The normalized spacial score (nSPS) is 14.1. The first-order valence-corrected chi connectivity index (χ1v) is 14.6. The third kappa shape index (κ3) is 2.64. The predicted molar refractivity (Wildman–Crippen MR) is 171 cm³/mol. The van der Waals surface area contributed by atoms with Gasteiger partial charge in [0.15, 0.2) is 0 Å². The lowest BCUT2D eigenvalue weighted by Gasteiger charge is -2.30. The molecular weight excluding hydrogens is 508 g/mol. The van der Waals surface area contributed by atoms with Crippen LogP contribution in [0.2, 0.25) is 0 Å². The highest BCUT2D eigenvalue weighted by Gasteiger charge is 2.51. The maximum absolute atomic E-state index is 6.51. The third-order valence-corrected chi connectivity index (χ3v) is 9.69. The van der Waals surface area contributed by atoms with Gasteiger partial charge in [0.25, 0.3) is 0 Å². The molecule has 0 atom stereocenters. The first kappa shape index (κ1) is 22.3. The topological polar surface area (TPSA) is 9.23 Å². The average molecular weight is 533 g/mol. The van der Waals surface area contributed by atoms with Gasteiger partial charge in [0.1, 0.15) is 11.5 Å². The Bertz CT molecular complexity index is 2240. The SMILES string of the molecule is c1ccc2c(c1)-c1ccccc1C21c2ccccc2-c2cc(-c3ccc4c(c3)Oc3cccc5cccc-4c35)ccc21. The fourth-order valence-electron chi connectivity index (χ4n) is 8.02. The smallest absolute Gasteiger partial charge is 0.135 e. The van der Waals surface area contributed by atoms with Gasteiger partial charge in [-0.3, -0.25) is 0 Å². The molecule has 2 aliphatic carbocycles. The first-order valence-electron chi connectivity index (χ1n) is 14.6. The number of rotatable bonds is 1. The largest absolute Gasteiger partial charge is 0.456 e. The highest BCUT2D eigenvalue weighted by molar-refractivity contribution is 6.04. The zero-order chi connectivity index (χ0) is 27.4. The van der Waals surface area contributed by atoms with Gasteiger partial charge in [-0.15, -0.1) is 0 Å². The van der Waals surface area contributed by atoms with E-state index in [9.17, 15) is 0 Å². The van der Waals surface area contributed by atoms with E-state index < -0.39 is 0 Å². The highest BCUT2D eigenvalue weighted by Crippen LogP contribution is 2.63. The molecule has 7 aromatic carbocycles. The van der Waals surface area contributed by atoms with Crippen molar-refractivity contribution in [1.82, 2.24) is 0 Å². The number of ether oxygens (including phenoxy) is 1. The van der Waals surface area contributed by atoms with Gasteiger partial charge in [0.2, 0.25) is 0 Å². The molecule has 7 aromatic rings. The Morgan fingerprint density at radius 3 is 1.62 bits per heavy atom. The van der Waals surface area contributed by atoms with Crippen molar-refractivity contribution in [3.8, 4) is 56.0 Å². The molecule has 0 unspecified atom stereocenters. The fourth-order valence-corrected chi connectivity index (χ4v) is 8.02. The molecule has 0 radical (unpaired) electrons. The van der Waals surface area contributed by atoms with E-state index in [0.29, 0.717) is 0 Å². The minimum Gasteiger partial charge on any atom is -0.456 e. The van der Waals surface area contributed by atoms with E-state index >= 15 is 0 Å². The third-order valence-electron chi connectivity index (χ3n) is 9.69. The molecule has 1 heteroatoms. The van der Waals surface area contributed by atoms with Crippen LogP contribution >= 0.6 is 0 Å². The summed E-state index contributed by atoms with van der Waals surface area (Å²) in [6, 6.07) is 53.5. The van der Waals surface area contributed by atoms with Crippen LogP contribution in [0.5, 0.6) is 11.5 Å². The lowest BCUT2D eigenvalue weighted by atomic mass is 9.70. The summed E-state index contributed by atoms with van der Waals surface area (Å²) in [7, 11) is 0. The van der Waals surface area contributed by atoms with E-state index in [0.717, 1.165) is 22.6 Å². The summed E-state index contributed by atoms with van der Waals surface area (Å²) in [6.07, 6.45) is 0. The Labute approximate surface area is 244 Å². The summed E-state index contributed by atoms with van der Waals surface area (Å²) < 4.78 is 6.51. The Morgan fingerprint density at radius 2 is 0.905 bits per heavy atom. The fraction of sp³-hybridized carbons (Fsp3) is 0.0244. The quantitative estimate of drug-likeness (QED) is 0.204. The van der Waals surface area contributed by atoms with Crippen molar-refractivity contribution >= 4 is 10.8 Å². The van der Waals surface area contributed by atoms with E-state index in [-0.39, 0.29) is 5.41 Å². The van der Waals surface area contributed by atoms with Crippen LogP contribution in [0.4, 0.5) is 0 Å². The van der Waals surface area contributed by atoms with Gasteiger partial charge >= 0.3 is 0 Å². The van der Waals surface area contributed by atoms with Gasteiger partial charge in [0.05, 0.1) is 5.41 Å². The van der Waals surface area contributed by atoms with Gasteiger partial charge < -0.3 is 4.74 Å². The summed E-state index contributed by atoms with van der Waals surface area (Å²) in [5, 5.41) is 2.40. The van der Waals surface area contributed by atoms with Crippen molar-refractivity contribution in [2.24, 2.45) is 0 Å². The van der Waals surface area contributed by atoms with Crippen LogP contribution in [-0.4, -0.2) is 0 Å². The van der Waals surface area contributed by atoms with Crippen molar-refractivity contribution in [3.63, 3.8) is 0 Å². The summed E-state index contributed by atoms with van der Waals surface area (Å²) in [4.78, 5) is 0. The van der Waals surface area contributed by atoms with Crippen molar-refractivity contribution in [2.75, 3.05) is 0 Å². The van der Waals surface area contributed by atoms with Crippen LogP contribution in [-0.2, 0) is 5.41 Å². The van der Waals surface area contributed by atoms with Crippen LogP contribution in [0.15, 0.2) is 146 Å². The van der Waals surface area contributed by atoms with Crippen LogP contribution in [0.3, 0.4) is 0 Å². The van der Waals surface area contributed by atoms with E-state index in [4.69, 9.17) is 4.74 Å². The summed E-state index contributed by atoms with van der Waals surface area (Å²) in [6.45, 7) is 0. The minimum absolute atomic E-state index is 0.307. The summed E-state index contributed by atoms with van der Waals surface area (Å²) in [5.74, 6) is 1.84. The van der Waals surface area contributed by atoms with Crippen LogP contribution in [0, 0.1) is 0 Å². The number of benzene rings is 7. The minimum atomic E-state index is -0.307. The second-order valence-corrected chi connectivity index (χ2v) is 11.6. The standard InChI is InChI=1S/C41H24O/c1-4-15-34-28(11-1)29-12-2-5-16-35(29)41(34)36-17-6-3-13-30(36)33-23-26(20-22-37(33)41)27-19-21-31-32-14-7-9-25-10-8-18-38(40(25)32)42-39(31)24-27/h1-24H. The molecule has 10 rings (SSSR count). The lowest BCUT2D eigenvalue weighted by molar-refractivity contribution is 0.487. The van der Waals surface area contributed by atoms with Crippen molar-refractivity contribution in [1.29, 1.82) is 0 Å². The first-order chi connectivity index (χ1) is 20.8. The highest BCUT2D eigenvalue weighted by atomic mass is 16.5. The molecule has 0 saturated heterocycles. The lowest BCUT2D eigenvalue weighted by Crippen LogP contribution is -2.25. The second kappa shape index (κ2) is 7.87. The van der Waals surface area contributed by atoms with Crippen molar-refractivity contribution < 1.29 is 4.74 Å². The monoisotopic (exact) mass is 532 g/mol. The molecule has 0 amide bonds. The van der Waals surface area contributed by atoms with E-state index in [2.05, 4.69) is 146 Å². The maximum atomic E-state index is 6.51. The summed E-state index contributed by atoms with van der Waals surface area (Å²) in [5.41, 5.74) is 15.2. The van der Waals surface area contributed by atoms with Gasteiger partial charge in [0, 0.05) is 10.9 Å². The molecule has 194 valence electrons. The molecule has 0 N–H and O–H groups in total. The molecule has 1 heterocycles. The van der Waals surface area contributed by atoms with E-state index in [1.807, 2.05) is 0 Å². The molecule has 0 bridgehead atoms. The zero-order valence-electron chi connectivity index (χ0n) is 22.8. The van der Waals surface area contributed by atoms with Crippen LogP contribution in [0.25, 0.3) is 55.3 Å². The van der Waals surface area contributed by atoms with E-state index in [1.165, 1.54) is 66.4 Å². The van der Waals surface area contributed by atoms with Gasteiger partial charge in [-0.1, -0.05) is 121 Å². The molecule has 3 aliphatic rings. The van der Waals surface area contributed by atoms with Gasteiger partial charge in [-0.25, -0.2) is 0 Å². The average Bonchev–Trinajstić information content (AvgIpc) is 3.52. The summed E-state index contributed by atoms with van der Waals surface area (Å²) >= 11 is 0. The van der Waals surface area contributed by atoms with Crippen LogP contribution in [0.1, 0.15) is 22.3 Å². The number of hydrogen-bond donors (Lipinski definition) is 0. The van der Waals surface area contributed by atoms with Crippen molar-refractivity contribution in [3.05, 3.63) is 168 Å². The van der Waals surface area contributed by atoms with Crippen molar-refractivity contribution in [2.45, 2.75) is 5.41 Å². The number of hydrogen-bond acceptors (Lipinski definition) is 1. The molecular formula is C41H24O. The molecule has 1 spiro atoms.